The molecule has 0 aliphatic carbocycles. The average Bonchev–Trinajstić information content (AvgIpc) is 2.69. The number of carbonyl (C=O) groups is 1. The molecule has 1 aromatic heterocycles. The lowest BCUT2D eigenvalue weighted by molar-refractivity contribution is 0.0954. The van der Waals surface area contributed by atoms with Gasteiger partial charge in [0.25, 0.3) is 5.91 Å². The lowest BCUT2D eigenvalue weighted by Crippen LogP contribution is -2.25. The van der Waals surface area contributed by atoms with Gasteiger partial charge in [0, 0.05) is 12.1 Å². The zero-order valence-electron chi connectivity index (χ0n) is 16.9. The van der Waals surface area contributed by atoms with E-state index < -0.39 is 0 Å². The Bertz CT molecular complexity index is 1030. The first-order valence-electron chi connectivity index (χ1n) is 9.17. The number of amides is 1. The normalized spacial score (nSPS) is 10.8. The molecule has 0 atom stereocenters. The highest BCUT2D eigenvalue weighted by Gasteiger charge is 2.11. The van der Waals surface area contributed by atoms with Crippen LogP contribution in [-0.4, -0.2) is 36.6 Å². The molecule has 6 nitrogen and oxygen atoms in total. The number of nitrogens with one attached hydrogen (secondary N) is 1. The number of rotatable bonds is 6. The molecular weight excluding hydrogens is 354 g/mol. The van der Waals surface area contributed by atoms with Crippen molar-refractivity contribution in [3.8, 4) is 11.5 Å². The highest BCUT2D eigenvalue weighted by atomic mass is 16.5. The molecule has 0 saturated heterocycles. The van der Waals surface area contributed by atoms with Crippen molar-refractivity contribution in [1.29, 1.82) is 0 Å². The van der Waals surface area contributed by atoms with Gasteiger partial charge >= 0.3 is 0 Å². The Kier molecular flexibility index (Phi) is 5.78. The van der Waals surface area contributed by atoms with Gasteiger partial charge < -0.3 is 14.8 Å². The summed E-state index contributed by atoms with van der Waals surface area (Å²) in [6.45, 7) is 6.38. The van der Waals surface area contributed by atoms with Crippen molar-refractivity contribution in [2.75, 3.05) is 20.8 Å². The van der Waals surface area contributed by atoms with Gasteiger partial charge in [-0.2, -0.15) is 0 Å². The van der Waals surface area contributed by atoms with Crippen molar-refractivity contribution < 1.29 is 14.3 Å². The molecule has 1 heterocycles. The third-order valence-corrected chi connectivity index (χ3v) is 4.86. The Hall–Kier alpha value is -3.15. The molecule has 3 aromatic rings. The van der Waals surface area contributed by atoms with Gasteiger partial charge in [0.2, 0.25) is 0 Å². The fourth-order valence-electron chi connectivity index (χ4n) is 3.08. The van der Waals surface area contributed by atoms with Gasteiger partial charge in [0.05, 0.1) is 36.6 Å². The summed E-state index contributed by atoms with van der Waals surface area (Å²) < 4.78 is 10.7. The van der Waals surface area contributed by atoms with Gasteiger partial charge in [0.15, 0.2) is 11.5 Å². The summed E-state index contributed by atoms with van der Waals surface area (Å²) in [6, 6.07) is 9.30. The predicted molar refractivity (Wildman–Crippen MR) is 109 cm³/mol. The molecule has 3 rings (SSSR count). The monoisotopic (exact) mass is 379 g/mol. The van der Waals surface area contributed by atoms with Crippen molar-refractivity contribution in [2.24, 2.45) is 0 Å². The van der Waals surface area contributed by atoms with E-state index >= 15 is 0 Å². The maximum Gasteiger partial charge on any atom is 0.251 e. The predicted octanol–water partition coefficient (Wildman–Crippen LogP) is 3.54. The first kappa shape index (κ1) is 19.6. The van der Waals surface area contributed by atoms with E-state index in [4.69, 9.17) is 9.47 Å². The van der Waals surface area contributed by atoms with Crippen LogP contribution in [0.15, 0.2) is 30.3 Å². The highest BCUT2D eigenvalue weighted by molar-refractivity contribution is 5.97. The summed E-state index contributed by atoms with van der Waals surface area (Å²) >= 11 is 0. The second-order valence-electron chi connectivity index (χ2n) is 6.74. The largest absolute Gasteiger partial charge is 0.493 e. The second-order valence-corrected chi connectivity index (χ2v) is 6.74. The Morgan fingerprint density at radius 2 is 1.57 bits per heavy atom. The number of aryl methyl sites for hydroxylation is 3. The van der Waals surface area contributed by atoms with Crippen molar-refractivity contribution in [3.63, 3.8) is 0 Å². The third-order valence-electron chi connectivity index (χ3n) is 4.86. The van der Waals surface area contributed by atoms with E-state index in [1.54, 1.807) is 26.4 Å². The fourth-order valence-corrected chi connectivity index (χ4v) is 3.08. The molecule has 1 N–H and O–H groups in total. The number of methoxy groups -OCH3 is 2. The Labute approximate surface area is 164 Å². The standard InChI is InChI=1S/C22H25N3O3/c1-13-10-20(27-4)21(28-5)12-16(13)8-9-23-22(26)17-6-7-18-19(11-17)25-15(3)14(2)24-18/h6-7,10-12H,8-9H2,1-5H3,(H,23,26). The number of carbonyl (C=O) groups excluding carboxylic acids is 1. The Balaban J connectivity index is 1.69. The number of benzene rings is 2. The molecule has 0 spiro atoms. The lowest BCUT2D eigenvalue weighted by atomic mass is 10.0. The van der Waals surface area contributed by atoms with E-state index in [-0.39, 0.29) is 5.91 Å². The smallest absolute Gasteiger partial charge is 0.251 e. The summed E-state index contributed by atoms with van der Waals surface area (Å²) in [5, 5.41) is 2.97. The molecule has 0 saturated carbocycles. The van der Waals surface area contributed by atoms with Gasteiger partial charge in [0.1, 0.15) is 0 Å². The third kappa shape index (κ3) is 4.06. The van der Waals surface area contributed by atoms with Crippen LogP contribution in [0.3, 0.4) is 0 Å². The van der Waals surface area contributed by atoms with Gasteiger partial charge in [-0.1, -0.05) is 0 Å². The Morgan fingerprint density at radius 1 is 0.929 bits per heavy atom. The van der Waals surface area contributed by atoms with E-state index in [9.17, 15) is 4.79 Å². The molecule has 2 aromatic carbocycles. The van der Waals surface area contributed by atoms with E-state index in [0.29, 0.717) is 30.0 Å². The van der Waals surface area contributed by atoms with Crippen LogP contribution in [0.25, 0.3) is 11.0 Å². The first-order valence-corrected chi connectivity index (χ1v) is 9.17. The van der Waals surface area contributed by atoms with E-state index in [1.165, 1.54) is 0 Å². The Morgan fingerprint density at radius 3 is 2.25 bits per heavy atom. The minimum atomic E-state index is -0.125. The number of hydrogen-bond donors (Lipinski definition) is 1. The van der Waals surface area contributed by atoms with Crippen LogP contribution in [0.2, 0.25) is 0 Å². The van der Waals surface area contributed by atoms with E-state index in [0.717, 1.165) is 33.5 Å². The van der Waals surface area contributed by atoms with Crippen LogP contribution in [0.4, 0.5) is 0 Å². The molecule has 146 valence electrons. The zero-order valence-corrected chi connectivity index (χ0v) is 16.9. The van der Waals surface area contributed by atoms with Crippen molar-refractivity contribution in [1.82, 2.24) is 15.3 Å². The molecule has 0 radical (unpaired) electrons. The average molecular weight is 379 g/mol. The van der Waals surface area contributed by atoms with Gasteiger partial charge in [-0.05, 0) is 68.7 Å². The maximum atomic E-state index is 12.5. The first-order chi connectivity index (χ1) is 13.4. The number of ether oxygens (including phenoxy) is 2. The van der Waals surface area contributed by atoms with Crippen LogP contribution in [0.1, 0.15) is 32.9 Å². The number of fused-ring (bicyclic) bond motifs is 1. The maximum absolute atomic E-state index is 12.5. The summed E-state index contributed by atoms with van der Waals surface area (Å²) in [6.07, 6.45) is 0.698. The minimum absolute atomic E-state index is 0.125. The molecule has 6 heteroatoms. The quantitative estimate of drug-likeness (QED) is 0.709. The molecule has 0 bridgehead atoms. The molecule has 0 aliphatic heterocycles. The minimum Gasteiger partial charge on any atom is -0.493 e. The van der Waals surface area contributed by atoms with Crippen LogP contribution >= 0.6 is 0 Å². The molecule has 0 unspecified atom stereocenters. The molecule has 1 amide bonds. The topological polar surface area (TPSA) is 73.3 Å². The van der Waals surface area contributed by atoms with Crippen molar-refractivity contribution >= 4 is 16.9 Å². The van der Waals surface area contributed by atoms with Crippen molar-refractivity contribution in [2.45, 2.75) is 27.2 Å². The molecule has 0 fully saturated rings. The zero-order chi connectivity index (χ0) is 20.3. The number of hydrogen-bond acceptors (Lipinski definition) is 5. The van der Waals surface area contributed by atoms with Crippen LogP contribution in [0, 0.1) is 20.8 Å². The number of aromatic nitrogens is 2. The summed E-state index contributed by atoms with van der Waals surface area (Å²) in [5.41, 5.74) is 6.07. The molecular formula is C22H25N3O3. The van der Waals surface area contributed by atoms with Gasteiger partial charge in [-0.15, -0.1) is 0 Å². The van der Waals surface area contributed by atoms with Gasteiger partial charge in [-0.25, -0.2) is 9.97 Å². The fraction of sp³-hybridized carbons (Fsp3) is 0.318. The SMILES string of the molecule is COc1cc(C)c(CCNC(=O)c2ccc3nc(C)c(C)nc3c2)cc1OC. The van der Waals surface area contributed by atoms with Crippen LogP contribution in [0.5, 0.6) is 11.5 Å². The second kappa shape index (κ2) is 8.25. The van der Waals surface area contributed by atoms with Crippen LogP contribution in [-0.2, 0) is 6.42 Å². The highest BCUT2D eigenvalue weighted by Crippen LogP contribution is 2.30. The van der Waals surface area contributed by atoms with Gasteiger partial charge in [-0.3, -0.25) is 4.79 Å². The summed E-state index contributed by atoms with van der Waals surface area (Å²) in [4.78, 5) is 21.6. The van der Waals surface area contributed by atoms with Crippen molar-refractivity contribution in [3.05, 3.63) is 58.4 Å². The van der Waals surface area contributed by atoms with Crippen LogP contribution < -0.4 is 14.8 Å². The lowest BCUT2D eigenvalue weighted by Gasteiger charge is -2.13. The number of nitrogens with zero attached hydrogens (tertiary/aromatic N) is 2. The molecule has 0 aliphatic rings. The molecule has 28 heavy (non-hydrogen) atoms. The van der Waals surface area contributed by atoms with E-state index in [1.807, 2.05) is 39.0 Å². The summed E-state index contributed by atoms with van der Waals surface area (Å²) in [7, 11) is 3.23. The van der Waals surface area contributed by atoms with E-state index in [2.05, 4.69) is 15.3 Å². The summed E-state index contributed by atoms with van der Waals surface area (Å²) in [5.74, 6) is 1.27.